The van der Waals surface area contributed by atoms with E-state index in [0.717, 1.165) is 47.3 Å². The summed E-state index contributed by atoms with van der Waals surface area (Å²) in [6, 6.07) is 15.7. The van der Waals surface area contributed by atoms with Crippen LogP contribution in [0.5, 0.6) is 0 Å². The van der Waals surface area contributed by atoms with E-state index in [0.29, 0.717) is 31.3 Å². The molecule has 0 radical (unpaired) electrons. The van der Waals surface area contributed by atoms with E-state index in [1.165, 1.54) is 5.56 Å². The Morgan fingerprint density at radius 3 is 2.75 bits per heavy atom. The number of carbonyl (C=O) groups is 1. The van der Waals surface area contributed by atoms with Gasteiger partial charge in [0.15, 0.2) is 0 Å². The van der Waals surface area contributed by atoms with E-state index in [4.69, 9.17) is 16.1 Å². The third kappa shape index (κ3) is 6.40. The van der Waals surface area contributed by atoms with Crippen molar-refractivity contribution >= 4 is 33.4 Å². The van der Waals surface area contributed by atoms with Gasteiger partial charge in [-0.2, -0.15) is 4.98 Å². The quantitative estimate of drug-likeness (QED) is 0.420. The highest BCUT2D eigenvalue weighted by atomic mass is 79.9. The zero-order valence-electron chi connectivity index (χ0n) is 17.8. The summed E-state index contributed by atoms with van der Waals surface area (Å²) >= 11 is 9.35. The molecule has 1 aromatic heterocycles. The number of aryl methyl sites for hydroxylation is 1. The van der Waals surface area contributed by atoms with Gasteiger partial charge in [0, 0.05) is 28.1 Å². The molecule has 0 saturated carbocycles. The monoisotopic (exact) mass is 516 g/mol. The van der Waals surface area contributed by atoms with Crippen LogP contribution < -0.4 is 5.32 Å². The zero-order chi connectivity index (χ0) is 22.3. The highest BCUT2D eigenvalue weighted by molar-refractivity contribution is 9.10. The number of nitrogens with zero attached hydrogens (tertiary/aromatic N) is 3. The summed E-state index contributed by atoms with van der Waals surface area (Å²) in [5, 5.41) is 7.95. The first-order chi connectivity index (χ1) is 15.6. The number of nitrogens with one attached hydrogen (secondary N) is 1. The number of halogens is 2. The number of carbonyl (C=O) groups excluding carboxylic acids is 1. The summed E-state index contributed by atoms with van der Waals surface area (Å²) in [6.45, 7) is 2.87. The molecule has 1 amide bonds. The molecule has 1 atom stereocenters. The lowest BCUT2D eigenvalue weighted by molar-refractivity contribution is -0.126. The predicted molar refractivity (Wildman–Crippen MR) is 128 cm³/mol. The van der Waals surface area contributed by atoms with Gasteiger partial charge in [-0.25, -0.2) is 0 Å². The molecular formula is C24H26BrClN4O2. The first kappa shape index (κ1) is 23.0. The molecule has 8 heteroatoms. The lowest BCUT2D eigenvalue weighted by Gasteiger charge is -2.30. The maximum atomic E-state index is 12.7. The number of hydrogen-bond acceptors (Lipinski definition) is 5. The fourth-order valence-corrected chi connectivity index (χ4v) is 4.33. The van der Waals surface area contributed by atoms with E-state index in [-0.39, 0.29) is 11.8 Å². The van der Waals surface area contributed by atoms with E-state index in [1.54, 1.807) is 0 Å². The standard InChI is InChI=1S/C24H26BrClN4O2/c25-20-9-7-18(8-10-20)23-28-22(32-29-23)16-30-14-2-4-19(15-30)24(31)27-13-1-3-17-5-11-21(26)12-6-17/h5-12,19H,1-4,13-16H2,(H,27,31). The molecule has 3 aromatic rings. The first-order valence-electron chi connectivity index (χ1n) is 10.9. The minimum absolute atomic E-state index is 0.00635. The minimum Gasteiger partial charge on any atom is -0.356 e. The van der Waals surface area contributed by atoms with E-state index in [2.05, 4.69) is 36.3 Å². The summed E-state index contributed by atoms with van der Waals surface area (Å²) in [5.74, 6) is 1.28. The average Bonchev–Trinajstić information content (AvgIpc) is 3.27. The Balaban J connectivity index is 1.23. The van der Waals surface area contributed by atoms with Crippen LogP contribution in [-0.2, 0) is 17.8 Å². The van der Waals surface area contributed by atoms with E-state index < -0.39 is 0 Å². The van der Waals surface area contributed by atoms with Crippen LogP contribution in [0.4, 0.5) is 0 Å². The van der Waals surface area contributed by atoms with Crippen LogP contribution >= 0.6 is 27.5 Å². The van der Waals surface area contributed by atoms with Gasteiger partial charge in [-0.05, 0) is 74.2 Å². The number of likely N-dealkylation sites (tertiary alicyclic amines) is 1. The fourth-order valence-electron chi connectivity index (χ4n) is 3.94. The zero-order valence-corrected chi connectivity index (χ0v) is 20.1. The molecule has 0 spiro atoms. The van der Waals surface area contributed by atoms with Crippen LogP contribution in [0.25, 0.3) is 11.4 Å². The molecule has 168 valence electrons. The van der Waals surface area contributed by atoms with Crippen molar-refractivity contribution in [2.75, 3.05) is 19.6 Å². The predicted octanol–water partition coefficient (Wildman–Crippen LogP) is 5.11. The topological polar surface area (TPSA) is 71.3 Å². The lowest BCUT2D eigenvalue weighted by atomic mass is 9.97. The second kappa shape index (κ2) is 11.1. The number of amides is 1. The van der Waals surface area contributed by atoms with Crippen LogP contribution in [0.1, 0.15) is 30.7 Å². The normalized spacial score (nSPS) is 16.8. The van der Waals surface area contributed by atoms with Crippen molar-refractivity contribution in [1.82, 2.24) is 20.4 Å². The van der Waals surface area contributed by atoms with Crippen molar-refractivity contribution in [2.45, 2.75) is 32.2 Å². The lowest BCUT2D eigenvalue weighted by Crippen LogP contribution is -2.43. The minimum atomic E-state index is -0.00635. The van der Waals surface area contributed by atoms with Crippen LogP contribution in [0, 0.1) is 5.92 Å². The van der Waals surface area contributed by atoms with Crippen LogP contribution in [-0.4, -0.2) is 40.6 Å². The maximum absolute atomic E-state index is 12.7. The van der Waals surface area contributed by atoms with Crippen molar-refractivity contribution in [3.63, 3.8) is 0 Å². The molecule has 1 fully saturated rings. The van der Waals surface area contributed by atoms with Gasteiger partial charge in [0.1, 0.15) is 0 Å². The molecule has 0 bridgehead atoms. The van der Waals surface area contributed by atoms with Crippen LogP contribution in [0.3, 0.4) is 0 Å². The molecule has 4 rings (SSSR count). The maximum Gasteiger partial charge on any atom is 0.241 e. The Hall–Kier alpha value is -2.22. The Morgan fingerprint density at radius 2 is 1.97 bits per heavy atom. The SMILES string of the molecule is O=C(NCCCc1ccc(Cl)cc1)C1CCCN(Cc2nc(-c3ccc(Br)cc3)no2)C1. The molecule has 32 heavy (non-hydrogen) atoms. The van der Waals surface area contributed by atoms with Gasteiger partial charge in [0.25, 0.3) is 0 Å². The third-order valence-corrected chi connectivity index (χ3v) is 6.44. The Bertz CT molecular complexity index is 1020. The number of hydrogen-bond donors (Lipinski definition) is 1. The molecule has 2 heterocycles. The first-order valence-corrected chi connectivity index (χ1v) is 12.1. The summed E-state index contributed by atoms with van der Waals surface area (Å²) < 4.78 is 6.46. The Kier molecular flexibility index (Phi) is 7.95. The molecule has 2 aromatic carbocycles. The smallest absolute Gasteiger partial charge is 0.241 e. The molecule has 0 aliphatic carbocycles. The number of aromatic nitrogens is 2. The van der Waals surface area contributed by atoms with Crippen LogP contribution in [0.15, 0.2) is 57.5 Å². The van der Waals surface area contributed by atoms with Gasteiger partial charge in [-0.15, -0.1) is 0 Å². The summed E-state index contributed by atoms with van der Waals surface area (Å²) in [6.07, 6.45) is 3.72. The fraction of sp³-hybridized carbons (Fsp3) is 0.375. The molecule has 1 N–H and O–H groups in total. The number of piperidine rings is 1. The molecule has 1 unspecified atom stereocenters. The van der Waals surface area contributed by atoms with Crippen molar-refractivity contribution in [3.8, 4) is 11.4 Å². The van der Waals surface area contributed by atoms with Gasteiger partial charge < -0.3 is 9.84 Å². The van der Waals surface area contributed by atoms with Gasteiger partial charge in [0.05, 0.1) is 12.5 Å². The van der Waals surface area contributed by atoms with Gasteiger partial charge in [-0.3, -0.25) is 9.69 Å². The molecule has 1 aliphatic rings. The van der Waals surface area contributed by atoms with Crippen molar-refractivity contribution in [2.24, 2.45) is 5.92 Å². The van der Waals surface area contributed by atoms with E-state index in [9.17, 15) is 4.79 Å². The van der Waals surface area contributed by atoms with E-state index in [1.807, 2.05) is 48.5 Å². The summed E-state index contributed by atoms with van der Waals surface area (Å²) in [7, 11) is 0. The summed E-state index contributed by atoms with van der Waals surface area (Å²) in [4.78, 5) is 19.4. The van der Waals surface area contributed by atoms with Crippen molar-refractivity contribution in [3.05, 3.63) is 69.5 Å². The van der Waals surface area contributed by atoms with Crippen molar-refractivity contribution in [1.29, 1.82) is 0 Å². The van der Waals surface area contributed by atoms with Crippen molar-refractivity contribution < 1.29 is 9.32 Å². The second-order valence-electron chi connectivity index (χ2n) is 8.11. The highest BCUT2D eigenvalue weighted by Crippen LogP contribution is 2.22. The molecule has 1 saturated heterocycles. The average molecular weight is 518 g/mol. The Morgan fingerprint density at radius 1 is 1.19 bits per heavy atom. The second-order valence-corrected chi connectivity index (χ2v) is 9.47. The van der Waals surface area contributed by atoms with E-state index >= 15 is 0 Å². The largest absolute Gasteiger partial charge is 0.356 e. The Labute approximate surface area is 201 Å². The summed E-state index contributed by atoms with van der Waals surface area (Å²) in [5.41, 5.74) is 2.15. The molecule has 6 nitrogen and oxygen atoms in total. The van der Waals surface area contributed by atoms with Crippen LogP contribution in [0.2, 0.25) is 5.02 Å². The molecular weight excluding hydrogens is 492 g/mol. The van der Waals surface area contributed by atoms with Gasteiger partial charge in [0.2, 0.25) is 17.6 Å². The van der Waals surface area contributed by atoms with Gasteiger partial charge in [-0.1, -0.05) is 44.8 Å². The van der Waals surface area contributed by atoms with Gasteiger partial charge >= 0.3 is 0 Å². The number of benzene rings is 2. The third-order valence-electron chi connectivity index (χ3n) is 5.66. The highest BCUT2D eigenvalue weighted by Gasteiger charge is 2.26. The number of rotatable bonds is 8. The molecule has 1 aliphatic heterocycles.